The van der Waals surface area contributed by atoms with Crippen LogP contribution in [0.3, 0.4) is 0 Å². The van der Waals surface area contributed by atoms with E-state index in [9.17, 15) is 9.18 Å². The van der Waals surface area contributed by atoms with Gasteiger partial charge in [-0.05, 0) is 37.6 Å². The van der Waals surface area contributed by atoms with Crippen molar-refractivity contribution in [2.45, 2.75) is 32.0 Å². The number of halogens is 1. The molecule has 0 spiro atoms. The van der Waals surface area contributed by atoms with Crippen LogP contribution < -0.4 is 22.1 Å². The van der Waals surface area contributed by atoms with Crippen molar-refractivity contribution in [3.63, 3.8) is 0 Å². The summed E-state index contributed by atoms with van der Waals surface area (Å²) in [5, 5.41) is 11.6. The molecule has 3 aromatic rings. The Morgan fingerprint density at radius 2 is 2.18 bits per heavy atom. The molecule has 0 unspecified atom stereocenters. The molecule has 33 heavy (non-hydrogen) atoms. The highest BCUT2D eigenvalue weighted by molar-refractivity contribution is 5.99. The molecule has 1 aliphatic rings. The van der Waals surface area contributed by atoms with E-state index in [1.165, 1.54) is 0 Å². The summed E-state index contributed by atoms with van der Waals surface area (Å²) >= 11 is 0. The van der Waals surface area contributed by atoms with Crippen molar-refractivity contribution < 1.29 is 18.7 Å². The van der Waals surface area contributed by atoms with Gasteiger partial charge in [-0.1, -0.05) is 0 Å². The summed E-state index contributed by atoms with van der Waals surface area (Å²) in [6.07, 6.45) is 0.617. The van der Waals surface area contributed by atoms with Crippen molar-refractivity contribution in [1.29, 1.82) is 0 Å². The van der Waals surface area contributed by atoms with Gasteiger partial charge in [-0.25, -0.2) is 9.37 Å². The van der Waals surface area contributed by atoms with Gasteiger partial charge in [0.15, 0.2) is 11.6 Å². The Balaban J connectivity index is 1.65. The van der Waals surface area contributed by atoms with Crippen molar-refractivity contribution in [1.82, 2.24) is 14.8 Å². The first-order chi connectivity index (χ1) is 15.9. The van der Waals surface area contributed by atoms with Crippen LogP contribution in [0, 0.1) is 12.7 Å². The van der Waals surface area contributed by atoms with Gasteiger partial charge >= 0.3 is 0 Å². The van der Waals surface area contributed by atoms with Crippen LogP contribution in [-0.2, 0) is 16.0 Å². The Kier molecular flexibility index (Phi) is 6.72. The SMILES string of the molecule is COCCn1nc(C)c2cc(Nc3nc(N[C@@H]4CCOC[C@@H]4N)c(F)cc3C(N)=O)ccc21. The summed E-state index contributed by atoms with van der Waals surface area (Å²) in [7, 11) is 1.64. The number of aryl methyl sites for hydroxylation is 1. The number of aromatic nitrogens is 3. The number of nitrogens with two attached hydrogens (primary N) is 2. The molecule has 2 atom stereocenters. The maximum absolute atomic E-state index is 14.7. The molecular weight excluding hydrogens is 429 g/mol. The molecule has 11 heteroatoms. The largest absolute Gasteiger partial charge is 0.383 e. The number of pyridine rings is 1. The first-order valence-electron chi connectivity index (χ1n) is 10.7. The van der Waals surface area contributed by atoms with E-state index in [2.05, 4.69) is 20.7 Å². The second-order valence-electron chi connectivity index (χ2n) is 8.02. The molecule has 0 aliphatic carbocycles. The van der Waals surface area contributed by atoms with Gasteiger partial charge in [-0.2, -0.15) is 5.10 Å². The smallest absolute Gasteiger partial charge is 0.252 e. The first kappa shape index (κ1) is 22.9. The highest BCUT2D eigenvalue weighted by atomic mass is 19.1. The van der Waals surface area contributed by atoms with Gasteiger partial charge in [0.1, 0.15) is 5.82 Å². The zero-order chi connectivity index (χ0) is 23.5. The number of ether oxygens (including phenoxy) is 2. The molecule has 1 fully saturated rings. The van der Waals surface area contributed by atoms with Gasteiger partial charge in [0.25, 0.3) is 5.91 Å². The van der Waals surface area contributed by atoms with E-state index in [0.29, 0.717) is 38.5 Å². The van der Waals surface area contributed by atoms with Gasteiger partial charge in [-0.3, -0.25) is 9.48 Å². The fourth-order valence-corrected chi connectivity index (χ4v) is 3.89. The highest BCUT2D eigenvalue weighted by Crippen LogP contribution is 2.28. The van der Waals surface area contributed by atoms with Crippen LogP contribution in [0.1, 0.15) is 22.5 Å². The minimum atomic E-state index is -0.789. The van der Waals surface area contributed by atoms with E-state index in [-0.39, 0.29) is 29.3 Å². The van der Waals surface area contributed by atoms with Crippen molar-refractivity contribution in [2.75, 3.05) is 37.6 Å². The third-order valence-electron chi connectivity index (χ3n) is 5.67. The summed E-state index contributed by atoms with van der Waals surface area (Å²) in [5.41, 5.74) is 14.0. The van der Waals surface area contributed by atoms with E-state index in [1.807, 2.05) is 29.8 Å². The van der Waals surface area contributed by atoms with Crippen molar-refractivity contribution in [2.24, 2.45) is 11.5 Å². The lowest BCUT2D eigenvalue weighted by molar-refractivity contribution is 0.0751. The number of primary amides is 1. The molecule has 0 saturated carbocycles. The quantitative estimate of drug-likeness (QED) is 0.402. The molecule has 1 amide bonds. The number of amides is 1. The second kappa shape index (κ2) is 9.69. The van der Waals surface area contributed by atoms with E-state index < -0.39 is 11.7 Å². The summed E-state index contributed by atoms with van der Waals surface area (Å²) in [6, 6.07) is 6.23. The fraction of sp³-hybridized carbons (Fsp3) is 0.409. The highest BCUT2D eigenvalue weighted by Gasteiger charge is 2.25. The Morgan fingerprint density at radius 1 is 1.36 bits per heavy atom. The summed E-state index contributed by atoms with van der Waals surface area (Å²) < 4.78 is 27.1. The Bertz CT molecular complexity index is 1170. The van der Waals surface area contributed by atoms with Gasteiger partial charge in [0, 0.05) is 36.9 Å². The molecule has 176 valence electrons. The monoisotopic (exact) mass is 457 g/mol. The van der Waals surface area contributed by atoms with E-state index >= 15 is 0 Å². The molecule has 1 aromatic carbocycles. The zero-order valence-corrected chi connectivity index (χ0v) is 18.6. The third kappa shape index (κ3) is 4.90. The lowest BCUT2D eigenvalue weighted by Crippen LogP contribution is -2.47. The predicted molar refractivity (Wildman–Crippen MR) is 123 cm³/mol. The molecule has 1 aliphatic heterocycles. The summed E-state index contributed by atoms with van der Waals surface area (Å²) in [5.74, 6) is -1.33. The van der Waals surface area contributed by atoms with Crippen molar-refractivity contribution in [3.8, 4) is 0 Å². The lowest BCUT2D eigenvalue weighted by Gasteiger charge is -2.30. The van der Waals surface area contributed by atoms with E-state index in [4.69, 9.17) is 20.9 Å². The first-order valence-corrected chi connectivity index (χ1v) is 10.7. The molecule has 3 heterocycles. The minimum Gasteiger partial charge on any atom is -0.383 e. The number of rotatable bonds is 8. The molecule has 6 N–H and O–H groups in total. The van der Waals surface area contributed by atoms with Crippen LogP contribution in [0.15, 0.2) is 24.3 Å². The number of anilines is 3. The summed E-state index contributed by atoms with van der Waals surface area (Å²) in [6.45, 7) is 3.99. The average Bonchev–Trinajstić information content (AvgIpc) is 3.10. The molecule has 4 rings (SSSR count). The number of hydrogen-bond donors (Lipinski definition) is 4. The van der Waals surface area contributed by atoms with Crippen LogP contribution >= 0.6 is 0 Å². The molecule has 0 radical (unpaired) electrons. The number of fused-ring (bicyclic) bond motifs is 1. The number of benzene rings is 1. The molecule has 0 bridgehead atoms. The molecular formula is C22H28FN7O3. The number of hydrogen-bond acceptors (Lipinski definition) is 8. The predicted octanol–water partition coefficient (Wildman–Crippen LogP) is 1.90. The normalized spacial score (nSPS) is 18.4. The number of nitrogens with one attached hydrogen (secondary N) is 2. The van der Waals surface area contributed by atoms with Crippen LogP contribution in [0.4, 0.5) is 21.7 Å². The Labute approximate surface area is 190 Å². The van der Waals surface area contributed by atoms with Gasteiger partial charge < -0.3 is 31.6 Å². The van der Waals surface area contributed by atoms with Crippen molar-refractivity contribution in [3.05, 3.63) is 41.3 Å². The van der Waals surface area contributed by atoms with Gasteiger partial charge in [0.05, 0.1) is 36.5 Å². The maximum atomic E-state index is 14.7. The molecule has 2 aromatic heterocycles. The van der Waals surface area contributed by atoms with Crippen LogP contribution in [0.5, 0.6) is 0 Å². The standard InChI is InChI=1S/C22H28FN7O3/c1-12-14-9-13(3-4-19(14)30(29-12)6-8-32-2)26-21-15(20(25)31)10-16(23)22(28-21)27-18-5-7-33-11-17(18)24/h3-4,9-10,17-18H,5-8,11,24H2,1-2H3,(H2,25,31)(H2,26,27,28)/t17-,18+/m0/s1. The number of carbonyl (C=O) groups excluding carboxylic acids is 1. The van der Waals surface area contributed by atoms with Crippen LogP contribution in [-0.4, -0.2) is 59.7 Å². The number of methoxy groups -OCH3 is 1. The fourth-order valence-electron chi connectivity index (χ4n) is 3.89. The zero-order valence-electron chi connectivity index (χ0n) is 18.6. The summed E-state index contributed by atoms with van der Waals surface area (Å²) in [4.78, 5) is 16.3. The Morgan fingerprint density at radius 3 is 2.91 bits per heavy atom. The number of carbonyl (C=O) groups is 1. The Hall–Kier alpha value is -3.28. The van der Waals surface area contributed by atoms with Crippen LogP contribution in [0.2, 0.25) is 0 Å². The van der Waals surface area contributed by atoms with Gasteiger partial charge in [0.2, 0.25) is 0 Å². The number of nitrogens with zero attached hydrogens (tertiary/aromatic N) is 3. The third-order valence-corrected chi connectivity index (χ3v) is 5.67. The maximum Gasteiger partial charge on any atom is 0.252 e. The molecule has 10 nitrogen and oxygen atoms in total. The molecule has 1 saturated heterocycles. The second-order valence-corrected chi connectivity index (χ2v) is 8.02. The topological polar surface area (TPSA) is 142 Å². The van der Waals surface area contributed by atoms with Crippen LogP contribution in [0.25, 0.3) is 10.9 Å². The average molecular weight is 458 g/mol. The minimum absolute atomic E-state index is 0.00510. The van der Waals surface area contributed by atoms with Crippen molar-refractivity contribution >= 4 is 34.1 Å². The lowest BCUT2D eigenvalue weighted by atomic mass is 10.0. The van der Waals surface area contributed by atoms with E-state index in [0.717, 1.165) is 22.7 Å². The van der Waals surface area contributed by atoms with E-state index in [1.54, 1.807) is 7.11 Å². The van der Waals surface area contributed by atoms with Gasteiger partial charge in [-0.15, -0.1) is 0 Å².